The number of nitrogens with two attached hydrogens (primary N) is 7. The van der Waals surface area contributed by atoms with Crippen LogP contribution in [0.4, 0.5) is 0 Å². The smallest absolute Gasteiger partial charge is 0.243 e. The topological polar surface area (TPSA) is 695 Å². The summed E-state index contributed by atoms with van der Waals surface area (Å²) in [5.74, 6) is -14.5. The van der Waals surface area contributed by atoms with Crippen LogP contribution in [0.1, 0.15) is 165 Å². The van der Waals surface area contributed by atoms with Gasteiger partial charge in [-0.2, -0.15) is 0 Å². The number of carbonyl (C=O) groups is 15. The highest BCUT2D eigenvalue weighted by Crippen LogP contribution is 2.18. The molecule has 13 atom stereocenters. The maximum absolute atomic E-state index is 15.0. The Morgan fingerprint density at radius 1 is 0.366 bits per heavy atom. The Labute approximate surface area is 782 Å². The molecule has 2 aromatic heterocycles. The molecular formula is C92H139N27O15. The van der Waals surface area contributed by atoms with E-state index in [2.05, 4.69) is 94.6 Å². The molecule has 0 unspecified atom stereocenters. The fourth-order valence-corrected chi connectivity index (χ4v) is 14.3. The number of rotatable bonds is 64. The minimum Gasteiger partial charge on any atom is -0.370 e. The highest BCUT2D eigenvalue weighted by atomic mass is 16.2. The van der Waals surface area contributed by atoms with E-state index in [9.17, 15) is 67.1 Å². The van der Waals surface area contributed by atoms with Gasteiger partial charge in [-0.3, -0.25) is 97.6 Å². The second kappa shape index (κ2) is 61.2. The third-order valence-corrected chi connectivity index (χ3v) is 21.7. The number of primary amides is 2. The molecule has 0 saturated carbocycles. The molecule has 0 bridgehead atoms. The van der Waals surface area contributed by atoms with Crippen LogP contribution in [0.15, 0.2) is 140 Å². The normalized spacial score (nSPS) is 14.0. The highest BCUT2D eigenvalue weighted by Gasteiger charge is 2.38. The Hall–Kier alpha value is -13.6. The van der Waals surface area contributed by atoms with Gasteiger partial charge in [-0.25, -0.2) is 0 Å². The van der Waals surface area contributed by atoms with Gasteiger partial charge in [0.2, 0.25) is 88.6 Å². The molecule has 0 aliphatic heterocycles. The minimum absolute atomic E-state index is 0.0167. The van der Waals surface area contributed by atoms with Crippen LogP contribution in [0.5, 0.6) is 0 Å². The molecule has 0 radical (unpaired) electrons. The Kier molecular flexibility index (Phi) is 50.6. The number of unbranched alkanes of at least 4 members (excludes halogenated alkanes) is 3. The molecule has 732 valence electrons. The van der Waals surface area contributed by atoms with E-state index in [4.69, 9.17) is 51.0 Å². The maximum atomic E-state index is 15.0. The Balaban J connectivity index is 1.38. The average molecular weight is 1860 g/mol. The first-order valence-electron chi connectivity index (χ1n) is 45.5. The Bertz CT molecular complexity index is 4530. The van der Waals surface area contributed by atoms with Gasteiger partial charge in [0.05, 0.1) is 36.9 Å². The zero-order valence-corrected chi connectivity index (χ0v) is 77.2. The third-order valence-electron chi connectivity index (χ3n) is 21.7. The summed E-state index contributed by atoms with van der Waals surface area (Å²) < 4.78 is 0. The van der Waals surface area contributed by atoms with E-state index < -0.39 is 187 Å². The number of hydrogen-bond acceptors (Lipinski definition) is 23. The van der Waals surface area contributed by atoms with Crippen molar-refractivity contribution >= 4 is 101 Å². The summed E-state index contributed by atoms with van der Waals surface area (Å²) in [4.78, 5) is 223. The van der Waals surface area contributed by atoms with Crippen molar-refractivity contribution in [3.8, 4) is 0 Å². The molecule has 0 saturated heterocycles. The van der Waals surface area contributed by atoms with E-state index in [1.54, 1.807) is 143 Å². The fourth-order valence-electron chi connectivity index (χ4n) is 14.3. The van der Waals surface area contributed by atoms with Crippen LogP contribution in [-0.4, -0.2) is 234 Å². The van der Waals surface area contributed by atoms with Crippen molar-refractivity contribution in [2.45, 2.75) is 242 Å². The number of pyridine rings is 2. The Morgan fingerprint density at radius 3 is 1.17 bits per heavy atom. The van der Waals surface area contributed by atoms with Gasteiger partial charge in [0.1, 0.15) is 66.5 Å². The lowest BCUT2D eigenvalue weighted by Gasteiger charge is -2.29. The molecule has 0 spiro atoms. The van der Waals surface area contributed by atoms with Crippen LogP contribution in [0.2, 0.25) is 0 Å². The van der Waals surface area contributed by atoms with E-state index in [1.165, 1.54) is 6.92 Å². The van der Waals surface area contributed by atoms with Crippen LogP contribution >= 0.6 is 0 Å². The largest absolute Gasteiger partial charge is 0.370 e. The molecule has 42 heteroatoms. The van der Waals surface area contributed by atoms with E-state index in [0.717, 1.165) is 11.4 Å². The minimum atomic E-state index is -1.61. The lowest BCUT2D eigenvalue weighted by molar-refractivity contribution is -0.136. The summed E-state index contributed by atoms with van der Waals surface area (Å²) in [7, 11) is 0. The summed E-state index contributed by atoms with van der Waals surface area (Å²) in [6, 6.07) is 20.4. The van der Waals surface area contributed by atoms with Crippen molar-refractivity contribution in [1.82, 2.24) is 94.6 Å². The maximum Gasteiger partial charge on any atom is 0.243 e. The molecule has 5 aromatic rings. The molecule has 5 rings (SSSR count). The van der Waals surface area contributed by atoms with Gasteiger partial charge in [0.15, 0.2) is 11.9 Å². The van der Waals surface area contributed by atoms with Crippen molar-refractivity contribution < 1.29 is 71.9 Å². The molecule has 0 aliphatic rings. The summed E-state index contributed by atoms with van der Waals surface area (Å²) in [6.45, 7) is 8.89. The number of nitrogens with zero attached hydrogens (tertiary/aromatic N) is 3. The van der Waals surface area contributed by atoms with Crippen LogP contribution in [0.25, 0.3) is 0 Å². The molecule has 15 amide bonds. The van der Waals surface area contributed by atoms with Gasteiger partial charge in [-0.1, -0.05) is 137 Å². The molecule has 42 nitrogen and oxygen atoms in total. The predicted molar refractivity (Wildman–Crippen MR) is 504 cm³/mol. The van der Waals surface area contributed by atoms with Crippen LogP contribution in [0, 0.1) is 22.7 Å². The monoisotopic (exact) mass is 1860 g/mol. The van der Waals surface area contributed by atoms with Gasteiger partial charge in [0, 0.05) is 51.4 Å². The van der Waals surface area contributed by atoms with Crippen molar-refractivity contribution in [1.29, 1.82) is 10.8 Å². The van der Waals surface area contributed by atoms with E-state index in [0.29, 0.717) is 74.8 Å². The SMILES string of the molecule is CC[C@H](C)[C@H](NC(=O)[C@H](CCCCN)NC(=O)[C@H](CCCCN(Cc1ccccn1)Cc1ccccn1)NC(=O)CNC(=O)[C@H](C)NC(=O)[C@H](CCCCN)NC(=O)[C@H](CC(C)C)NC(=O)[C@H](CCCNC(=N)N)NC(=O)[C@H](Cc1ccccc1)NC(=O)[C@H](CC(N)=O)NC(=O)[C@@H](N)Cc1ccccc1)C(=O)N[C@@H](CCCNC(=N)N)C(=O)N[C@@H](Cc1ccccc1)C(=O)NCC(N)=O. The highest BCUT2D eigenvalue weighted by molar-refractivity contribution is 6.00. The molecule has 0 fully saturated rings. The number of hydrogen-bond donors (Lipinski definition) is 24. The van der Waals surface area contributed by atoms with E-state index in [1.807, 2.05) is 24.3 Å². The first kappa shape index (κ1) is 111. The molecule has 3 aromatic carbocycles. The first-order chi connectivity index (χ1) is 64.1. The Morgan fingerprint density at radius 2 is 0.739 bits per heavy atom. The standard InChI is InChI=1S/C92H139N27O15/c1-6-58(4)78(90(134)113-70(40-27-46-105-92(100)101)85(129)116-72(81(125)106-53-76(97)121)50-61-30-12-8-13-31-61)118-86(130)68(37-17-22-42-94)110-83(127)66(38-20-25-47-119(55-63-34-18-23-43-102-63)56-64-35-19-24-44-103-64)109-77(122)54-107-79(123)59(5)108-82(126)67(36-16-21-41-93)111-87(131)71(48-57(2)3)115-84(128)69(39-26-45-104-91(98)99)112-88(132)73(51-62-32-14-9-15-33-62)117-89(133)74(52-75(96)120)114-80(124)65(95)49-60-28-10-7-11-29-60/h7-15,18-19,23-24,28-35,43-44,57-59,65-74,78H,6,16-17,20-22,25-27,36-42,45-56,93-95H2,1-5H3,(H2,96,120)(H2,97,121)(H,106,125)(H,107,123)(H,108,126)(H,109,122)(H,110,127)(H,111,131)(H,112,132)(H,113,134)(H,114,124)(H,115,128)(H,116,129)(H,117,133)(H,118,130)(H4,98,99,104)(H4,100,101,105)/t58-,59-,65-,66-,67-,68-,69-,70-,71-,72-,73-,74-,78-/m0/s1. The molecule has 31 N–H and O–H groups in total. The number of nitrogens with one attached hydrogen (secondary N) is 17. The van der Waals surface area contributed by atoms with Gasteiger partial charge in [-0.05, 0) is 176 Å². The fraction of sp³-hybridized carbons (Fsp3) is 0.511. The zero-order valence-electron chi connectivity index (χ0n) is 77.2. The number of carbonyl (C=O) groups excluding carboxylic acids is 15. The zero-order chi connectivity index (χ0) is 98.4. The lowest BCUT2D eigenvalue weighted by Crippen LogP contribution is -2.61. The van der Waals surface area contributed by atoms with Crippen molar-refractivity contribution in [3.05, 3.63) is 168 Å². The summed E-state index contributed by atoms with van der Waals surface area (Å²) >= 11 is 0. The van der Waals surface area contributed by atoms with Gasteiger partial charge in [-0.15, -0.1) is 0 Å². The van der Waals surface area contributed by atoms with Crippen LogP contribution < -0.4 is 120 Å². The number of aromatic nitrogens is 2. The van der Waals surface area contributed by atoms with Crippen LogP contribution in [-0.2, 0) is 104 Å². The first-order valence-corrected chi connectivity index (χ1v) is 45.5. The summed E-state index contributed by atoms with van der Waals surface area (Å²) in [5, 5.41) is 55.4. The second-order valence-electron chi connectivity index (χ2n) is 33.5. The molecule has 2 heterocycles. The van der Waals surface area contributed by atoms with Crippen molar-refractivity contribution in [3.63, 3.8) is 0 Å². The van der Waals surface area contributed by atoms with Gasteiger partial charge in [0.25, 0.3) is 0 Å². The van der Waals surface area contributed by atoms with Crippen LogP contribution in [0.3, 0.4) is 0 Å². The van der Waals surface area contributed by atoms with Crippen molar-refractivity contribution in [2.24, 2.45) is 52.0 Å². The number of benzene rings is 3. The number of guanidine groups is 2. The molecule has 134 heavy (non-hydrogen) atoms. The lowest BCUT2D eigenvalue weighted by atomic mass is 9.96. The quantitative estimate of drug-likeness (QED) is 0.0109. The van der Waals surface area contributed by atoms with Gasteiger partial charge >= 0.3 is 0 Å². The summed E-state index contributed by atoms with van der Waals surface area (Å²) in [5.41, 5.74) is 43.6. The molecule has 0 aliphatic carbocycles. The number of amides is 15. The van der Waals surface area contributed by atoms with Crippen molar-refractivity contribution in [2.75, 3.05) is 45.8 Å². The molecular weight excluding hydrogens is 1720 g/mol. The third kappa shape index (κ3) is 43.6. The average Bonchev–Trinajstić information content (AvgIpc) is 0.846. The van der Waals surface area contributed by atoms with E-state index >= 15 is 4.79 Å². The predicted octanol–water partition coefficient (Wildman–Crippen LogP) is -2.47. The second-order valence-corrected chi connectivity index (χ2v) is 33.5. The van der Waals surface area contributed by atoms with Gasteiger partial charge < -0.3 is 120 Å². The summed E-state index contributed by atoms with van der Waals surface area (Å²) in [6.07, 6.45) is 4.91. The van der Waals surface area contributed by atoms with E-state index in [-0.39, 0.29) is 121 Å².